The maximum absolute atomic E-state index is 13.4. The molecule has 0 spiro atoms. The standard InChI is InChI=1S/C32H48O4/c1-19(2)21-11-14-32(27(35)36-8)16-15-30(6)22(25(21)32)9-10-24-29(5)17-20(18-33)26(34)28(3,4)23(29)12-13-31(24,30)7/h18,21-25,33H,1,9-17H2,2-8H3/b20-18-/t21-,22+,23-,24+,25-,29-,30+,31+,32-/m0/s1. The average Bonchev–Trinajstić information content (AvgIpc) is 3.22. The fraction of sp³-hybridized carbons (Fsp3) is 0.812. The highest BCUT2D eigenvalue weighted by Crippen LogP contribution is 2.77. The third-order valence-electron chi connectivity index (χ3n) is 13.4. The largest absolute Gasteiger partial charge is 0.515 e. The van der Waals surface area contributed by atoms with Crippen molar-refractivity contribution < 1.29 is 19.4 Å². The number of fused-ring (bicyclic) bond motifs is 7. The zero-order valence-electron chi connectivity index (χ0n) is 23.7. The van der Waals surface area contributed by atoms with Gasteiger partial charge in [0.15, 0.2) is 5.78 Å². The second kappa shape index (κ2) is 7.96. The van der Waals surface area contributed by atoms with Crippen LogP contribution in [0.3, 0.4) is 0 Å². The molecule has 1 N–H and O–H groups in total. The fourth-order valence-corrected chi connectivity index (χ4v) is 11.7. The predicted octanol–water partition coefficient (Wildman–Crippen LogP) is 7.44. The van der Waals surface area contributed by atoms with Gasteiger partial charge in [0.1, 0.15) is 0 Å². The average molecular weight is 497 g/mol. The Balaban J connectivity index is 1.59. The van der Waals surface area contributed by atoms with Gasteiger partial charge in [-0.1, -0.05) is 46.8 Å². The highest BCUT2D eigenvalue weighted by Gasteiger charge is 2.72. The molecule has 0 radical (unpaired) electrons. The molecular formula is C32H48O4. The molecule has 0 aliphatic heterocycles. The molecule has 5 fully saturated rings. The van der Waals surface area contributed by atoms with Gasteiger partial charge in [-0.25, -0.2) is 0 Å². The molecule has 0 aromatic heterocycles. The monoisotopic (exact) mass is 496 g/mol. The lowest BCUT2D eigenvalue weighted by atomic mass is 9.32. The third kappa shape index (κ3) is 2.94. The Morgan fingerprint density at radius 3 is 2.28 bits per heavy atom. The summed E-state index contributed by atoms with van der Waals surface area (Å²) in [6.07, 6.45) is 10.2. The molecule has 0 aromatic carbocycles. The van der Waals surface area contributed by atoms with Crippen molar-refractivity contribution in [2.45, 2.75) is 99.3 Å². The normalized spacial score (nSPS) is 50.5. The summed E-state index contributed by atoms with van der Waals surface area (Å²) in [7, 11) is 1.56. The number of hydrogen-bond acceptors (Lipinski definition) is 4. The Labute approximate surface area is 218 Å². The van der Waals surface area contributed by atoms with Crippen LogP contribution in [-0.2, 0) is 14.3 Å². The van der Waals surface area contributed by atoms with Gasteiger partial charge in [-0.2, -0.15) is 0 Å². The first-order chi connectivity index (χ1) is 16.7. The molecule has 0 saturated heterocycles. The van der Waals surface area contributed by atoms with E-state index in [1.807, 2.05) is 0 Å². The number of aliphatic hydroxyl groups excluding tert-OH is 1. The number of esters is 1. The highest BCUT2D eigenvalue weighted by atomic mass is 16.5. The van der Waals surface area contributed by atoms with Crippen molar-refractivity contribution >= 4 is 11.8 Å². The van der Waals surface area contributed by atoms with E-state index < -0.39 is 5.41 Å². The molecule has 5 aliphatic carbocycles. The molecule has 200 valence electrons. The van der Waals surface area contributed by atoms with Crippen molar-refractivity contribution in [2.24, 2.45) is 56.7 Å². The number of allylic oxidation sites excluding steroid dienone is 2. The summed E-state index contributed by atoms with van der Waals surface area (Å²) in [4.78, 5) is 26.7. The Bertz CT molecular complexity index is 1020. The maximum atomic E-state index is 13.4. The van der Waals surface area contributed by atoms with Crippen LogP contribution in [0.15, 0.2) is 24.0 Å². The first-order valence-electron chi connectivity index (χ1n) is 14.4. The Morgan fingerprint density at radius 2 is 1.67 bits per heavy atom. The molecule has 5 rings (SSSR count). The summed E-state index contributed by atoms with van der Waals surface area (Å²) >= 11 is 0. The maximum Gasteiger partial charge on any atom is 0.312 e. The first-order valence-corrected chi connectivity index (χ1v) is 14.4. The third-order valence-corrected chi connectivity index (χ3v) is 13.4. The molecule has 0 heterocycles. The van der Waals surface area contributed by atoms with Gasteiger partial charge in [0.2, 0.25) is 0 Å². The van der Waals surface area contributed by atoms with Crippen LogP contribution in [0.2, 0.25) is 0 Å². The smallest absolute Gasteiger partial charge is 0.312 e. The minimum atomic E-state index is -0.455. The number of hydrogen-bond donors (Lipinski definition) is 1. The van der Waals surface area contributed by atoms with Crippen molar-refractivity contribution in [1.29, 1.82) is 0 Å². The molecule has 5 saturated carbocycles. The summed E-state index contributed by atoms with van der Waals surface area (Å²) in [5, 5.41) is 10.0. The minimum absolute atomic E-state index is 0.00603. The van der Waals surface area contributed by atoms with E-state index in [1.165, 1.54) is 5.57 Å². The van der Waals surface area contributed by atoms with Crippen LogP contribution in [0.1, 0.15) is 99.3 Å². The SMILES string of the molecule is C=C(C)[C@@H]1CC[C@]2(C(=O)OC)CC[C@]3(C)[C@H](CC[C@@H]4[C@@]5(C)C/C(=C/O)C(=O)C(C)(C)[C@@H]5CC[C@]43C)[C@H]12. The number of ether oxygens (including phenoxy) is 1. The quantitative estimate of drug-likeness (QED) is 0.187. The molecule has 4 nitrogen and oxygen atoms in total. The van der Waals surface area contributed by atoms with Gasteiger partial charge < -0.3 is 9.84 Å². The van der Waals surface area contributed by atoms with Crippen LogP contribution in [-0.4, -0.2) is 24.0 Å². The van der Waals surface area contributed by atoms with E-state index in [0.717, 1.165) is 57.6 Å². The van der Waals surface area contributed by atoms with E-state index in [4.69, 9.17) is 4.74 Å². The number of methoxy groups -OCH3 is 1. The predicted molar refractivity (Wildman–Crippen MR) is 142 cm³/mol. The van der Waals surface area contributed by atoms with Crippen LogP contribution >= 0.6 is 0 Å². The number of Topliss-reactive ketones (excluding diaryl/α,β-unsaturated/α-hetero) is 1. The summed E-state index contributed by atoms with van der Waals surface area (Å²) in [6.45, 7) is 18.3. The van der Waals surface area contributed by atoms with Gasteiger partial charge in [0.25, 0.3) is 0 Å². The van der Waals surface area contributed by atoms with E-state index in [0.29, 0.717) is 41.6 Å². The van der Waals surface area contributed by atoms with E-state index in [9.17, 15) is 14.7 Å². The zero-order valence-corrected chi connectivity index (χ0v) is 23.7. The van der Waals surface area contributed by atoms with Crippen molar-refractivity contribution in [1.82, 2.24) is 0 Å². The van der Waals surface area contributed by atoms with Crippen LogP contribution in [0, 0.1) is 56.7 Å². The molecule has 4 heteroatoms. The minimum Gasteiger partial charge on any atom is -0.515 e. The highest BCUT2D eigenvalue weighted by molar-refractivity contribution is 6.00. The summed E-state index contributed by atoms with van der Waals surface area (Å²) in [5.41, 5.74) is 1.25. The fourth-order valence-electron chi connectivity index (χ4n) is 11.7. The van der Waals surface area contributed by atoms with Crippen LogP contribution in [0.25, 0.3) is 0 Å². The Morgan fingerprint density at radius 1 is 0.972 bits per heavy atom. The molecule has 36 heavy (non-hydrogen) atoms. The number of aliphatic hydroxyl groups is 1. The molecule has 0 unspecified atom stereocenters. The zero-order chi connectivity index (χ0) is 26.5. The van der Waals surface area contributed by atoms with E-state index in [2.05, 4.69) is 48.1 Å². The lowest BCUT2D eigenvalue weighted by molar-refractivity contribution is -0.232. The van der Waals surface area contributed by atoms with E-state index >= 15 is 0 Å². The van der Waals surface area contributed by atoms with Crippen molar-refractivity contribution in [2.75, 3.05) is 7.11 Å². The van der Waals surface area contributed by atoms with E-state index in [-0.39, 0.29) is 33.4 Å². The number of rotatable bonds is 2. The van der Waals surface area contributed by atoms with Gasteiger partial charge in [0, 0.05) is 11.0 Å². The summed E-state index contributed by atoms with van der Waals surface area (Å²) in [5.74, 6) is 2.12. The molecule has 5 aliphatic rings. The number of ketones is 1. The molecular weight excluding hydrogens is 448 g/mol. The molecule has 9 atom stereocenters. The van der Waals surface area contributed by atoms with Crippen molar-refractivity contribution in [3.63, 3.8) is 0 Å². The van der Waals surface area contributed by atoms with Gasteiger partial charge in [0.05, 0.1) is 18.8 Å². The van der Waals surface area contributed by atoms with Gasteiger partial charge in [-0.3, -0.25) is 9.59 Å². The number of carbonyl (C=O) groups excluding carboxylic acids is 2. The van der Waals surface area contributed by atoms with Crippen molar-refractivity contribution in [3.8, 4) is 0 Å². The Hall–Kier alpha value is -1.58. The van der Waals surface area contributed by atoms with Crippen LogP contribution in [0.5, 0.6) is 0 Å². The molecule has 0 bridgehead atoms. The first kappa shape index (κ1) is 26.0. The number of carbonyl (C=O) groups is 2. The van der Waals surface area contributed by atoms with Crippen LogP contribution in [0.4, 0.5) is 0 Å². The Kier molecular flexibility index (Phi) is 5.76. The van der Waals surface area contributed by atoms with Gasteiger partial charge >= 0.3 is 5.97 Å². The summed E-state index contributed by atoms with van der Waals surface area (Å²) in [6, 6.07) is 0. The second-order valence-electron chi connectivity index (χ2n) is 14.7. The second-order valence-corrected chi connectivity index (χ2v) is 14.7. The van der Waals surface area contributed by atoms with Gasteiger partial charge in [-0.15, -0.1) is 0 Å². The van der Waals surface area contributed by atoms with Crippen LogP contribution < -0.4 is 0 Å². The molecule has 0 amide bonds. The topological polar surface area (TPSA) is 63.6 Å². The van der Waals surface area contributed by atoms with Crippen molar-refractivity contribution in [3.05, 3.63) is 24.0 Å². The van der Waals surface area contributed by atoms with E-state index in [1.54, 1.807) is 7.11 Å². The lowest BCUT2D eigenvalue weighted by Gasteiger charge is -2.72. The van der Waals surface area contributed by atoms with Gasteiger partial charge in [-0.05, 0) is 111 Å². The molecule has 0 aromatic rings. The lowest BCUT2D eigenvalue weighted by Crippen LogP contribution is -2.67. The summed E-state index contributed by atoms with van der Waals surface area (Å²) < 4.78 is 5.48.